The summed E-state index contributed by atoms with van der Waals surface area (Å²) in [6, 6.07) is 5.94. The number of nitrogens with one attached hydrogen (secondary N) is 3. The maximum Gasteiger partial charge on any atom is 0.255 e. The number of aromatic nitrogens is 2. The molecule has 0 unspecified atom stereocenters. The third kappa shape index (κ3) is 3.80. The molecule has 1 aromatic carbocycles. The number of pyridine rings is 1. The fourth-order valence-electron chi connectivity index (χ4n) is 4.15. The molecule has 32 heavy (non-hydrogen) atoms. The van der Waals surface area contributed by atoms with Gasteiger partial charge in [-0.25, -0.2) is 8.78 Å². The first-order valence-electron chi connectivity index (χ1n) is 10.2. The normalized spacial score (nSPS) is 16.3. The minimum absolute atomic E-state index is 0.0101. The summed E-state index contributed by atoms with van der Waals surface area (Å²) in [4.78, 5) is 20.0. The topological polar surface area (TPSA) is 88.3 Å². The number of aromatic amines is 1. The van der Waals surface area contributed by atoms with Crippen LogP contribution < -0.4 is 15.4 Å². The molecule has 1 aliphatic rings. The Morgan fingerprint density at radius 1 is 1.25 bits per heavy atom. The standard InChI is InChI=1S/C23H24F2N4O3/c1-12(11-31-2)14-9-27-23(30)18-19(14)29-20(13-7-8-26-10-16(13)25)21(18)28-17-6-4-5-15(24)22(17)32-3/h4-8,10,12,14,28-29H,9,11H2,1-3H3,(H,27,30)/t12-,14-/m1/s1. The van der Waals surface area contributed by atoms with E-state index in [0.717, 1.165) is 6.20 Å². The molecule has 1 amide bonds. The summed E-state index contributed by atoms with van der Waals surface area (Å²) < 4.78 is 39.5. The number of fused-ring (bicyclic) bond motifs is 1. The Bertz CT molecular complexity index is 1150. The van der Waals surface area contributed by atoms with Gasteiger partial charge in [-0.3, -0.25) is 9.78 Å². The van der Waals surface area contributed by atoms with Crippen molar-refractivity contribution in [3.8, 4) is 17.0 Å². The number of carbonyl (C=O) groups is 1. The maximum absolute atomic E-state index is 14.7. The Balaban J connectivity index is 1.93. The fraction of sp³-hybridized carbons (Fsp3) is 0.304. The number of ether oxygens (including phenoxy) is 2. The third-order valence-electron chi connectivity index (χ3n) is 5.70. The highest BCUT2D eigenvalue weighted by Crippen LogP contribution is 2.43. The molecular weight excluding hydrogens is 418 g/mol. The molecule has 0 spiro atoms. The lowest BCUT2D eigenvalue weighted by Crippen LogP contribution is -2.38. The Morgan fingerprint density at radius 3 is 2.78 bits per heavy atom. The Morgan fingerprint density at radius 2 is 2.06 bits per heavy atom. The number of halogens is 2. The van der Waals surface area contributed by atoms with Gasteiger partial charge in [0.05, 0.1) is 35.9 Å². The molecule has 3 heterocycles. The van der Waals surface area contributed by atoms with Crippen LogP contribution in [0.1, 0.15) is 28.9 Å². The number of amides is 1. The van der Waals surface area contributed by atoms with Crippen molar-refractivity contribution in [3.63, 3.8) is 0 Å². The van der Waals surface area contributed by atoms with Gasteiger partial charge in [0, 0.05) is 43.6 Å². The van der Waals surface area contributed by atoms with Crippen LogP contribution in [0.25, 0.3) is 11.3 Å². The van der Waals surface area contributed by atoms with E-state index in [4.69, 9.17) is 9.47 Å². The van der Waals surface area contributed by atoms with E-state index in [-0.39, 0.29) is 29.1 Å². The smallest absolute Gasteiger partial charge is 0.255 e. The molecule has 7 nitrogen and oxygen atoms in total. The molecule has 168 valence electrons. The first kappa shape index (κ1) is 21.8. The highest BCUT2D eigenvalue weighted by molar-refractivity contribution is 6.06. The number of hydrogen-bond donors (Lipinski definition) is 3. The summed E-state index contributed by atoms with van der Waals surface area (Å²) in [5.74, 6) is -1.45. The van der Waals surface area contributed by atoms with Gasteiger partial charge in [0.15, 0.2) is 17.4 Å². The van der Waals surface area contributed by atoms with E-state index < -0.39 is 11.6 Å². The molecule has 0 aliphatic carbocycles. The van der Waals surface area contributed by atoms with Crippen molar-refractivity contribution >= 4 is 17.3 Å². The Hall–Kier alpha value is -3.46. The molecule has 9 heteroatoms. The van der Waals surface area contributed by atoms with E-state index in [1.807, 2.05) is 6.92 Å². The van der Waals surface area contributed by atoms with Crippen molar-refractivity contribution in [3.05, 3.63) is 59.6 Å². The zero-order valence-corrected chi connectivity index (χ0v) is 18.0. The number of nitrogens with zero attached hydrogens (tertiary/aromatic N) is 1. The number of para-hydroxylation sites is 1. The largest absolute Gasteiger partial charge is 0.492 e. The summed E-state index contributed by atoms with van der Waals surface area (Å²) in [6.45, 7) is 2.92. The minimum Gasteiger partial charge on any atom is -0.492 e. The Kier molecular flexibility index (Phi) is 6.09. The lowest BCUT2D eigenvalue weighted by Gasteiger charge is -2.28. The molecule has 3 aromatic rings. The molecule has 0 saturated heterocycles. The van der Waals surface area contributed by atoms with E-state index in [0.29, 0.717) is 41.5 Å². The summed E-state index contributed by atoms with van der Waals surface area (Å²) >= 11 is 0. The number of benzene rings is 1. The lowest BCUT2D eigenvalue weighted by molar-refractivity contribution is 0.0920. The second kappa shape index (κ2) is 8.96. The zero-order valence-electron chi connectivity index (χ0n) is 18.0. The molecule has 0 radical (unpaired) electrons. The number of carbonyl (C=O) groups excluding carboxylic acids is 1. The Labute approximate surface area is 184 Å². The third-order valence-corrected chi connectivity index (χ3v) is 5.70. The number of anilines is 2. The van der Waals surface area contributed by atoms with Gasteiger partial charge in [-0.2, -0.15) is 0 Å². The lowest BCUT2D eigenvalue weighted by atomic mass is 9.86. The second-order valence-corrected chi connectivity index (χ2v) is 7.71. The van der Waals surface area contributed by atoms with Gasteiger partial charge >= 0.3 is 0 Å². The van der Waals surface area contributed by atoms with Gasteiger partial charge in [0.2, 0.25) is 0 Å². The van der Waals surface area contributed by atoms with E-state index in [1.165, 1.54) is 31.5 Å². The summed E-state index contributed by atoms with van der Waals surface area (Å²) in [7, 11) is 2.98. The van der Waals surface area contributed by atoms with Crippen molar-refractivity contribution in [2.24, 2.45) is 5.92 Å². The van der Waals surface area contributed by atoms with E-state index in [2.05, 4.69) is 20.6 Å². The number of H-pyrrole nitrogens is 1. The van der Waals surface area contributed by atoms with Crippen LogP contribution in [0, 0.1) is 17.6 Å². The molecule has 0 fully saturated rings. The van der Waals surface area contributed by atoms with Crippen LogP contribution in [0.3, 0.4) is 0 Å². The monoisotopic (exact) mass is 442 g/mol. The fourth-order valence-corrected chi connectivity index (χ4v) is 4.15. The van der Waals surface area contributed by atoms with Crippen LogP contribution in [0.15, 0.2) is 36.7 Å². The van der Waals surface area contributed by atoms with Gasteiger partial charge < -0.3 is 25.1 Å². The predicted octanol–water partition coefficient (Wildman–Crippen LogP) is 4.22. The van der Waals surface area contributed by atoms with Crippen LogP contribution in [0.2, 0.25) is 0 Å². The van der Waals surface area contributed by atoms with Crippen LogP contribution >= 0.6 is 0 Å². The van der Waals surface area contributed by atoms with E-state index >= 15 is 0 Å². The van der Waals surface area contributed by atoms with Gasteiger partial charge in [-0.05, 0) is 24.1 Å². The van der Waals surface area contributed by atoms with Crippen LogP contribution in [-0.2, 0) is 4.74 Å². The summed E-state index contributed by atoms with van der Waals surface area (Å²) in [5.41, 5.74) is 2.26. The maximum atomic E-state index is 14.7. The average molecular weight is 442 g/mol. The van der Waals surface area contributed by atoms with Crippen molar-refractivity contribution in [2.45, 2.75) is 12.8 Å². The molecule has 4 rings (SSSR count). The second-order valence-electron chi connectivity index (χ2n) is 7.71. The van der Waals surface area contributed by atoms with E-state index in [9.17, 15) is 13.6 Å². The highest BCUT2D eigenvalue weighted by atomic mass is 19.1. The minimum atomic E-state index is -0.561. The molecule has 1 aliphatic heterocycles. The van der Waals surface area contributed by atoms with Gasteiger partial charge in [-0.15, -0.1) is 0 Å². The highest BCUT2D eigenvalue weighted by Gasteiger charge is 2.36. The van der Waals surface area contributed by atoms with E-state index in [1.54, 1.807) is 13.2 Å². The average Bonchev–Trinajstić information content (AvgIpc) is 3.14. The van der Waals surface area contributed by atoms with Crippen molar-refractivity contribution < 1.29 is 23.0 Å². The van der Waals surface area contributed by atoms with Crippen molar-refractivity contribution in [1.29, 1.82) is 0 Å². The van der Waals surface area contributed by atoms with Crippen molar-refractivity contribution in [1.82, 2.24) is 15.3 Å². The molecule has 3 N–H and O–H groups in total. The van der Waals surface area contributed by atoms with Gasteiger partial charge in [0.1, 0.15) is 0 Å². The first-order chi connectivity index (χ1) is 15.5. The predicted molar refractivity (Wildman–Crippen MR) is 116 cm³/mol. The molecule has 0 bridgehead atoms. The summed E-state index contributed by atoms with van der Waals surface area (Å²) in [6.07, 6.45) is 2.57. The number of rotatable bonds is 7. The molecular formula is C23H24F2N4O3. The number of methoxy groups -OCH3 is 2. The van der Waals surface area contributed by atoms with Crippen LogP contribution in [-0.4, -0.2) is 43.2 Å². The SMILES string of the molecule is COC[C@@H](C)[C@H]1CNC(=O)c2c1[nH]c(-c1ccncc1F)c2Nc1cccc(F)c1OC. The molecule has 2 atom stereocenters. The molecule has 0 saturated carbocycles. The van der Waals surface area contributed by atoms with Crippen molar-refractivity contribution in [2.75, 3.05) is 32.7 Å². The van der Waals surface area contributed by atoms with Gasteiger partial charge in [0.25, 0.3) is 5.91 Å². The quantitative estimate of drug-likeness (QED) is 0.510. The van der Waals surface area contributed by atoms with Crippen LogP contribution in [0.4, 0.5) is 20.2 Å². The molecule has 2 aromatic heterocycles. The zero-order chi connectivity index (χ0) is 22.8. The summed E-state index contributed by atoms with van der Waals surface area (Å²) in [5, 5.41) is 6.02. The first-order valence-corrected chi connectivity index (χ1v) is 10.2. The van der Waals surface area contributed by atoms with Crippen LogP contribution in [0.5, 0.6) is 5.75 Å². The number of hydrogen-bond acceptors (Lipinski definition) is 5. The van der Waals surface area contributed by atoms with Gasteiger partial charge in [-0.1, -0.05) is 13.0 Å².